The number of nitrogens with zero attached hydrogens (tertiary/aromatic N) is 2. The molecule has 2 amide bonds. The van der Waals surface area contributed by atoms with E-state index in [-0.39, 0.29) is 18.6 Å². The summed E-state index contributed by atoms with van der Waals surface area (Å²) < 4.78 is 10.6. The summed E-state index contributed by atoms with van der Waals surface area (Å²) in [4.78, 5) is 29.1. The van der Waals surface area contributed by atoms with Crippen molar-refractivity contribution in [3.63, 3.8) is 0 Å². The molecule has 0 aliphatic carbocycles. The van der Waals surface area contributed by atoms with Crippen LogP contribution in [-0.2, 0) is 0 Å². The highest BCUT2D eigenvalue weighted by molar-refractivity contribution is 5.97. The third kappa shape index (κ3) is 3.28. The Labute approximate surface area is 157 Å². The normalized spacial score (nSPS) is 15.7. The zero-order valence-corrected chi connectivity index (χ0v) is 15.1. The van der Waals surface area contributed by atoms with Crippen molar-refractivity contribution in [1.29, 1.82) is 0 Å². The molecule has 2 aliphatic heterocycles. The van der Waals surface area contributed by atoms with Crippen LogP contribution in [0, 0.1) is 6.92 Å². The summed E-state index contributed by atoms with van der Waals surface area (Å²) in [5.74, 6) is 1.13. The van der Waals surface area contributed by atoms with Gasteiger partial charge >= 0.3 is 0 Å². The van der Waals surface area contributed by atoms with Gasteiger partial charge in [-0.2, -0.15) is 0 Å². The fourth-order valence-electron chi connectivity index (χ4n) is 3.37. The van der Waals surface area contributed by atoms with Crippen molar-refractivity contribution in [2.45, 2.75) is 6.92 Å². The molecule has 2 heterocycles. The number of amides is 2. The molecule has 2 aromatic rings. The molecule has 0 atom stereocenters. The maximum Gasteiger partial charge on any atom is 0.254 e. The van der Waals surface area contributed by atoms with Crippen LogP contribution < -0.4 is 15.2 Å². The van der Waals surface area contributed by atoms with Gasteiger partial charge in [-0.05, 0) is 42.8 Å². The average Bonchev–Trinajstić information content (AvgIpc) is 3.16. The van der Waals surface area contributed by atoms with Crippen LogP contribution in [0.1, 0.15) is 26.3 Å². The lowest BCUT2D eigenvalue weighted by Gasteiger charge is -2.35. The van der Waals surface area contributed by atoms with E-state index < -0.39 is 0 Å². The van der Waals surface area contributed by atoms with Crippen molar-refractivity contribution >= 4 is 17.5 Å². The van der Waals surface area contributed by atoms with Crippen molar-refractivity contribution < 1.29 is 19.1 Å². The number of piperazine rings is 1. The summed E-state index contributed by atoms with van der Waals surface area (Å²) in [5, 5.41) is 0. The number of nitrogens with two attached hydrogens (primary N) is 1. The van der Waals surface area contributed by atoms with Crippen LogP contribution in [0.4, 0.5) is 5.69 Å². The minimum absolute atomic E-state index is 0.0463. The minimum atomic E-state index is -0.0689. The Balaban J connectivity index is 1.42. The number of anilines is 1. The maximum absolute atomic E-state index is 12.8. The molecule has 0 unspecified atom stereocenters. The molecule has 1 fully saturated rings. The topological polar surface area (TPSA) is 85.1 Å². The van der Waals surface area contributed by atoms with Gasteiger partial charge in [0.1, 0.15) is 0 Å². The Hall–Kier alpha value is -3.22. The smallest absolute Gasteiger partial charge is 0.254 e. The average molecular weight is 367 g/mol. The second-order valence-corrected chi connectivity index (χ2v) is 6.73. The van der Waals surface area contributed by atoms with Crippen molar-refractivity contribution in [2.24, 2.45) is 0 Å². The molecule has 0 bridgehead atoms. The minimum Gasteiger partial charge on any atom is -0.454 e. The van der Waals surface area contributed by atoms with E-state index in [1.54, 1.807) is 40.1 Å². The molecule has 7 nitrogen and oxygen atoms in total. The number of carbonyl (C=O) groups excluding carboxylic acids is 2. The Morgan fingerprint density at radius 2 is 1.56 bits per heavy atom. The molecular weight excluding hydrogens is 346 g/mol. The third-order valence-electron chi connectivity index (χ3n) is 4.97. The van der Waals surface area contributed by atoms with E-state index in [9.17, 15) is 9.59 Å². The fraction of sp³-hybridized carbons (Fsp3) is 0.300. The predicted octanol–water partition coefficient (Wildman–Crippen LogP) is 1.90. The second kappa shape index (κ2) is 6.83. The van der Waals surface area contributed by atoms with Crippen molar-refractivity contribution in [2.75, 3.05) is 38.7 Å². The first-order valence-electron chi connectivity index (χ1n) is 8.87. The molecular formula is C20H21N3O4. The van der Waals surface area contributed by atoms with Crippen LogP contribution in [0.25, 0.3) is 0 Å². The number of ether oxygens (including phenoxy) is 2. The molecule has 0 spiro atoms. The lowest BCUT2D eigenvalue weighted by atomic mass is 10.1. The van der Waals surface area contributed by atoms with Gasteiger partial charge in [0.2, 0.25) is 6.79 Å². The van der Waals surface area contributed by atoms with Crippen molar-refractivity contribution in [1.82, 2.24) is 9.80 Å². The van der Waals surface area contributed by atoms with E-state index in [1.165, 1.54) is 0 Å². The molecule has 1 saturated heterocycles. The molecule has 2 N–H and O–H groups in total. The van der Waals surface area contributed by atoms with Crippen LogP contribution in [0.2, 0.25) is 0 Å². The Bertz CT molecular complexity index is 904. The summed E-state index contributed by atoms with van der Waals surface area (Å²) in [7, 11) is 0. The number of carbonyl (C=O) groups is 2. The molecule has 2 aromatic carbocycles. The van der Waals surface area contributed by atoms with Crippen LogP contribution in [0.3, 0.4) is 0 Å². The molecule has 4 rings (SSSR count). The fourth-order valence-corrected chi connectivity index (χ4v) is 3.37. The molecule has 27 heavy (non-hydrogen) atoms. The van der Waals surface area contributed by atoms with Gasteiger partial charge in [-0.25, -0.2) is 0 Å². The van der Waals surface area contributed by atoms with Crippen LogP contribution >= 0.6 is 0 Å². The lowest BCUT2D eigenvalue weighted by Crippen LogP contribution is -2.50. The number of aryl methyl sites for hydroxylation is 1. The van der Waals surface area contributed by atoms with Gasteiger partial charge < -0.3 is 25.0 Å². The number of fused-ring (bicyclic) bond motifs is 1. The monoisotopic (exact) mass is 367 g/mol. The van der Waals surface area contributed by atoms with Gasteiger partial charge in [-0.1, -0.05) is 6.07 Å². The summed E-state index contributed by atoms with van der Waals surface area (Å²) in [5.41, 5.74) is 8.46. The Morgan fingerprint density at radius 1 is 0.889 bits per heavy atom. The second-order valence-electron chi connectivity index (χ2n) is 6.73. The van der Waals surface area contributed by atoms with Gasteiger partial charge in [0.15, 0.2) is 11.5 Å². The van der Waals surface area contributed by atoms with Crippen LogP contribution in [0.5, 0.6) is 11.5 Å². The van der Waals surface area contributed by atoms with Crippen molar-refractivity contribution in [3.8, 4) is 11.5 Å². The van der Waals surface area contributed by atoms with Gasteiger partial charge in [-0.3, -0.25) is 9.59 Å². The van der Waals surface area contributed by atoms with Crippen LogP contribution in [0.15, 0.2) is 36.4 Å². The first-order valence-corrected chi connectivity index (χ1v) is 8.87. The highest BCUT2D eigenvalue weighted by Gasteiger charge is 2.27. The standard InChI is InChI=1S/C20H21N3O4/c1-13-2-4-15(21)11-16(13)20(25)23-8-6-22(7-9-23)19(24)14-3-5-17-18(10-14)27-12-26-17/h2-5,10-11H,6-9,12,21H2,1H3. The molecule has 0 aromatic heterocycles. The van der Waals surface area contributed by atoms with Gasteiger partial charge in [0, 0.05) is 43.0 Å². The summed E-state index contributed by atoms with van der Waals surface area (Å²) in [6, 6.07) is 10.5. The van der Waals surface area contributed by atoms with Crippen molar-refractivity contribution in [3.05, 3.63) is 53.1 Å². The Morgan fingerprint density at radius 3 is 2.30 bits per heavy atom. The largest absolute Gasteiger partial charge is 0.454 e. The van der Waals surface area contributed by atoms with E-state index in [4.69, 9.17) is 15.2 Å². The number of hydrogen-bond acceptors (Lipinski definition) is 5. The summed E-state index contributed by atoms with van der Waals surface area (Å²) in [6.45, 7) is 4.02. The maximum atomic E-state index is 12.8. The molecule has 140 valence electrons. The van der Waals surface area contributed by atoms with Gasteiger partial charge in [-0.15, -0.1) is 0 Å². The first kappa shape index (κ1) is 17.2. The lowest BCUT2D eigenvalue weighted by molar-refractivity contribution is 0.0535. The number of rotatable bonds is 2. The summed E-state index contributed by atoms with van der Waals surface area (Å²) >= 11 is 0. The predicted molar refractivity (Wildman–Crippen MR) is 100.0 cm³/mol. The van der Waals surface area contributed by atoms with E-state index in [2.05, 4.69) is 0 Å². The highest BCUT2D eigenvalue weighted by atomic mass is 16.7. The third-order valence-corrected chi connectivity index (χ3v) is 4.97. The van der Waals surface area contributed by atoms with Gasteiger partial charge in [0.25, 0.3) is 11.8 Å². The zero-order chi connectivity index (χ0) is 19.0. The van der Waals surface area contributed by atoms with Gasteiger partial charge in [0.05, 0.1) is 0 Å². The quantitative estimate of drug-likeness (QED) is 0.820. The first-order chi connectivity index (χ1) is 13.0. The van der Waals surface area contributed by atoms with E-state index in [1.807, 2.05) is 13.0 Å². The number of nitrogen functional groups attached to an aromatic ring is 1. The van der Waals surface area contributed by atoms with E-state index >= 15 is 0 Å². The molecule has 7 heteroatoms. The molecule has 2 aliphatic rings. The SMILES string of the molecule is Cc1ccc(N)cc1C(=O)N1CCN(C(=O)c2ccc3c(c2)OCO3)CC1. The van der Waals surface area contributed by atoms with E-state index in [0.29, 0.717) is 54.5 Å². The number of hydrogen-bond donors (Lipinski definition) is 1. The summed E-state index contributed by atoms with van der Waals surface area (Å²) in [6.07, 6.45) is 0. The van der Waals surface area contributed by atoms with E-state index in [0.717, 1.165) is 5.56 Å². The van der Waals surface area contributed by atoms with Crippen LogP contribution in [-0.4, -0.2) is 54.6 Å². The number of benzene rings is 2. The molecule has 0 saturated carbocycles. The Kier molecular flexibility index (Phi) is 4.35. The zero-order valence-electron chi connectivity index (χ0n) is 15.1. The highest BCUT2D eigenvalue weighted by Crippen LogP contribution is 2.32. The molecule has 0 radical (unpaired) electrons.